The third kappa shape index (κ3) is 7.83. The summed E-state index contributed by atoms with van der Waals surface area (Å²) in [4.78, 5) is 32.7. The molecule has 2 aliphatic heterocycles. The standard InChI is InChI=1S/C35H54FN5O4/c1-33-16-27-17-34(2,22-33)24-35(18-27,23-33)38-32(45)37-30-5-4-26(14-29(30)36)19-39-8-3-9-41(13-12-39)31(44)15-25-6-10-40(11-7-25)20-28(43)21-42/h4-5,14,25,27-28,42-43H,3,6-13,15-24H2,1-2H3,(H2,37,38,45)/t27?,28?,33-,34+,35?. The van der Waals surface area contributed by atoms with Crippen molar-refractivity contribution < 1.29 is 24.2 Å². The summed E-state index contributed by atoms with van der Waals surface area (Å²) in [6, 6.07) is 4.79. The van der Waals surface area contributed by atoms with Gasteiger partial charge in [-0.2, -0.15) is 0 Å². The summed E-state index contributed by atoms with van der Waals surface area (Å²) in [5.74, 6) is 0.813. The van der Waals surface area contributed by atoms with E-state index in [0.29, 0.717) is 37.9 Å². The molecule has 3 unspecified atom stereocenters. The second-order valence-corrected chi connectivity index (χ2v) is 16.1. The maximum atomic E-state index is 15.2. The third-order valence-corrected chi connectivity index (χ3v) is 11.5. The molecular weight excluding hydrogens is 573 g/mol. The van der Waals surface area contributed by atoms with E-state index in [1.807, 2.05) is 11.0 Å². The molecule has 1 aromatic carbocycles. The number of carbonyl (C=O) groups is 2. The molecule has 1 aromatic rings. The molecule has 0 spiro atoms. The molecule has 4 bridgehead atoms. The van der Waals surface area contributed by atoms with E-state index < -0.39 is 11.9 Å². The van der Waals surface area contributed by atoms with Gasteiger partial charge in [0.1, 0.15) is 5.82 Å². The first-order valence-corrected chi connectivity index (χ1v) is 17.3. The number of aliphatic hydroxyl groups excluding tert-OH is 2. The van der Waals surface area contributed by atoms with Gasteiger partial charge in [0.2, 0.25) is 5.91 Å². The minimum atomic E-state index is -0.704. The van der Waals surface area contributed by atoms with Crippen molar-refractivity contribution in [1.29, 1.82) is 0 Å². The molecule has 4 saturated carbocycles. The molecule has 7 rings (SSSR count). The Morgan fingerprint density at radius 1 is 0.978 bits per heavy atom. The number of anilines is 1. The van der Waals surface area contributed by atoms with E-state index in [1.54, 1.807) is 6.07 Å². The molecule has 0 aromatic heterocycles. The first kappa shape index (κ1) is 32.7. The number of likely N-dealkylation sites (tertiary alicyclic amines) is 1. The van der Waals surface area contributed by atoms with Gasteiger partial charge in [-0.05, 0) is 111 Å². The highest BCUT2D eigenvalue weighted by atomic mass is 19.1. The minimum Gasteiger partial charge on any atom is -0.394 e. The summed E-state index contributed by atoms with van der Waals surface area (Å²) in [6.07, 6.45) is 9.41. The monoisotopic (exact) mass is 627 g/mol. The van der Waals surface area contributed by atoms with Crippen LogP contribution < -0.4 is 10.6 Å². The van der Waals surface area contributed by atoms with Crippen LogP contribution in [0.2, 0.25) is 0 Å². The fourth-order valence-electron chi connectivity index (χ4n) is 10.5. The fourth-order valence-corrected chi connectivity index (χ4v) is 10.5. The number of nitrogens with one attached hydrogen (secondary N) is 2. The Bertz CT molecular complexity index is 1220. The quantitative estimate of drug-likeness (QED) is 0.327. The highest BCUT2D eigenvalue weighted by Gasteiger charge is 2.60. The van der Waals surface area contributed by atoms with E-state index in [-0.39, 0.29) is 40.6 Å². The number of nitrogens with zero attached hydrogens (tertiary/aromatic N) is 3. The molecule has 6 fully saturated rings. The molecule has 4 aliphatic carbocycles. The van der Waals surface area contributed by atoms with Gasteiger partial charge < -0.3 is 30.6 Å². The second-order valence-electron chi connectivity index (χ2n) is 16.1. The van der Waals surface area contributed by atoms with Crippen LogP contribution in [0.25, 0.3) is 0 Å². The predicted octanol–water partition coefficient (Wildman–Crippen LogP) is 4.19. The summed E-state index contributed by atoms with van der Waals surface area (Å²) in [7, 11) is 0. The average molecular weight is 628 g/mol. The van der Waals surface area contributed by atoms with E-state index in [4.69, 9.17) is 5.11 Å². The number of amides is 3. The van der Waals surface area contributed by atoms with Crippen LogP contribution in [0.5, 0.6) is 0 Å². The van der Waals surface area contributed by atoms with Gasteiger partial charge in [-0.25, -0.2) is 9.18 Å². The largest absolute Gasteiger partial charge is 0.394 e. The number of hydrogen-bond acceptors (Lipinski definition) is 6. The van der Waals surface area contributed by atoms with Crippen LogP contribution in [0.4, 0.5) is 14.9 Å². The lowest BCUT2D eigenvalue weighted by Gasteiger charge is -2.65. The maximum absolute atomic E-state index is 15.2. The zero-order valence-corrected chi connectivity index (χ0v) is 27.3. The number of β-amino-alcohol motifs (C(OH)–C–C–N with tert-alkyl or cyclic N) is 1. The minimum absolute atomic E-state index is 0.186. The van der Waals surface area contributed by atoms with E-state index in [0.717, 1.165) is 76.8 Å². The Morgan fingerprint density at radius 3 is 2.38 bits per heavy atom. The van der Waals surface area contributed by atoms with Crippen LogP contribution in [0, 0.1) is 28.5 Å². The van der Waals surface area contributed by atoms with Crippen LogP contribution in [-0.2, 0) is 11.3 Å². The lowest BCUT2D eigenvalue weighted by Crippen LogP contribution is -2.65. The molecule has 6 aliphatic rings. The second kappa shape index (κ2) is 13.1. The Labute approximate surface area is 267 Å². The van der Waals surface area contributed by atoms with E-state index >= 15 is 4.39 Å². The first-order valence-electron chi connectivity index (χ1n) is 17.3. The van der Waals surface area contributed by atoms with E-state index in [9.17, 15) is 14.7 Å². The predicted molar refractivity (Wildman–Crippen MR) is 172 cm³/mol. The zero-order chi connectivity index (χ0) is 31.8. The Kier molecular flexibility index (Phi) is 9.50. The molecule has 10 heteroatoms. The molecular formula is C35H54FN5O4. The summed E-state index contributed by atoms with van der Waals surface area (Å²) < 4.78 is 15.2. The third-order valence-electron chi connectivity index (χ3n) is 11.5. The number of piperidine rings is 1. The van der Waals surface area contributed by atoms with Crippen LogP contribution in [0.1, 0.15) is 83.6 Å². The molecule has 2 saturated heterocycles. The van der Waals surface area contributed by atoms with Crippen LogP contribution in [0.15, 0.2) is 18.2 Å². The van der Waals surface area contributed by atoms with Crippen molar-refractivity contribution in [3.05, 3.63) is 29.6 Å². The zero-order valence-electron chi connectivity index (χ0n) is 27.3. The van der Waals surface area contributed by atoms with Gasteiger partial charge >= 0.3 is 6.03 Å². The number of hydrogen-bond donors (Lipinski definition) is 4. The number of rotatable bonds is 9. The molecule has 5 atom stereocenters. The molecule has 250 valence electrons. The summed E-state index contributed by atoms with van der Waals surface area (Å²) in [6.45, 7) is 10.3. The number of aliphatic hydroxyl groups is 2. The molecule has 3 amide bonds. The van der Waals surface area contributed by atoms with Gasteiger partial charge in [0.15, 0.2) is 0 Å². The van der Waals surface area contributed by atoms with Crippen molar-refractivity contribution in [2.24, 2.45) is 22.7 Å². The summed E-state index contributed by atoms with van der Waals surface area (Å²) in [5.41, 5.74) is 1.46. The van der Waals surface area contributed by atoms with Crippen molar-refractivity contribution in [3.63, 3.8) is 0 Å². The van der Waals surface area contributed by atoms with Gasteiger partial charge in [0.05, 0.1) is 18.4 Å². The smallest absolute Gasteiger partial charge is 0.319 e. The van der Waals surface area contributed by atoms with Crippen molar-refractivity contribution in [1.82, 2.24) is 20.0 Å². The first-order chi connectivity index (χ1) is 21.4. The van der Waals surface area contributed by atoms with Crippen LogP contribution >= 0.6 is 0 Å². The number of carbonyl (C=O) groups excluding carboxylic acids is 2. The molecule has 9 nitrogen and oxygen atoms in total. The van der Waals surface area contributed by atoms with Gasteiger partial charge in [0, 0.05) is 51.2 Å². The Morgan fingerprint density at radius 2 is 1.71 bits per heavy atom. The lowest BCUT2D eigenvalue weighted by molar-refractivity contribution is -0.132. The van der Waals surface area contributed by atoms with E-state index in [2.05, 4.69) is 34.3 Å². The SMILES string of the molecule is C[C@]12CC3CC(NC(=O)Nc4ccc(CN5CCCN(C(=O)CC6CCN(CC(O)CO)CC6)CC5)cc4F)(C1)C[C@@](C)(C3)C2. The number of benzene rings is 1. The lowest BCUT2D eigenvalue weighted by atomic mass is 9.43. The Hall–Kier alpha value is -2.27. The molecule has 4 N–H and O–H groups in total. The van der Waals surface area contributed by atoms with Gasteiger partial charge in [-0.1, -0.05) is 19.9 Å². The molecule has 45 heavy (non-hydrogen) atoms. The van der Waals surface area contributed by atoms with E-state index in [1.165, 1.54) is 25.3 Å². The van der Waals surface area contributed by atoms with Gasteiger partial charge in [-0.15, -0.1) is 0 Å². The average Bonchev–Trinajstić information content (AvgIpc) is 3.19. The van der Waals surface area contributed by atoms with Crippen LogP contribution in [-0.4, -0.2) is 101 Å². The fraction of sp³-hybridized carbons (Fsp3) is 0.771. The van der Waals surface area contributed by atoms with Crippen molar-refractivity contribution >= 4 is 17.6 Å². The highest BCUT2D eigenvalue weighted by Crippen LogP contribution is 2.66. The summed E-state index contributed by atoms with van der Waals surface area (Å²) in [5, 5.41) is 24.9. The number of halogens is 1. The highest BCUT2D eigenvalue weighted by molar-refractivity contribution is 5.90. The maximum Gasteiger partial charge on any atom is 0.319 e. The number of urea groups is 1. The summed E-state index contributed by atoms with van der Waals surface area (Å²) >= 11 is 0. The van der Waals surface area contributed by atoms with Crippen molar-refractivity contribution in [2.45, 2.75) is 96.2 Å². The molecule has 2 heterocycles. The van der Waals surface area contributed by atoms with Crippen LogP contribution in [0.3, 0.4) is 0 Å². The topological polar surface area (TPSA) is 108 Å². The van der Waals surface area contributed by atoms with Gasteiger partial charge in [0.25, 0.3) is 0 Å². The normalized spacial score (nSPS) is 33.2. The Balaban J connectivity index is 0.955. The van der Waals surface area contributed by atoms with Gasteiger partial charge in [-0.3, -0.25) is 9.69 Å². The van der Waals surface area contributed by atoms with Crippen molar-refractivity contribution in [3.8, 4) is 0 Å². The van der Waals surface area contributed by atoms with Crippen molar-refractivity contribution in [2.75, 3.05) is 57.7 Å². The molecule has 0 radical (unpaired) electrons.